The molecular weight excluding hydrogens is 212 g/mol. The summed E-state index contributed by atoms with van der Waals surface area (Å²) in [4.78, 5) is 11.9. The number of amides is 1. The molecule has 17 heavy (non-hydrogen) atoms. The monoisotopic (exact) mass is 240 g/mol. The summed E-state index contributed by atoms with van der Waals surface area (Å²) < 4.78 is 0. The smallest absolute Gasteiger partial charge is 0.223 e. The summed E-state index contributed by atoms with van der Waals surface area (Å²) in [5, 5.41) is 3.08. The third-order valence-electron chi connectivity index (χ3n) is 3.80. The van der Waals surface area contributed by atoms with E-state index in [1.165, 1.54) is 25.7 Å². The van der Waals surface area contributed by atoms with E-state index in [1.807, 2.05) is 0 Å². The first-order valence-corrected chi connectivity index (χ1v) is 7.21. The average molecular weight is 240 g/mol. The molecule has 0 bridgehead atoms. The van der Waals surface area contributed by atoms with Crippen LogP contribution < -0.4 is 11.1 Å². The first-order chi connectivity index (χ1) is 8.24. The Morgan fingerprint density at radius 1 is 1.29 bits per heavy atom. The molecule has 3 N–H and O–H groups in total. The number of nitrogens with two attached hydrogens (primary N) is 1. The minimum Gasteiger partial charge on any atom is -0.356 e. The highest BCUT2D eigenvalue weighted by Gasteiger charge is 2.19. The van der Waals surface area contributed by atoms with Crippen molar-refractivity contribution in [3.05, 3.63) is 0 Å². The molecule has 1 aliphatic rings. The largest absolute Gasteiger partial charge is 0.356 e. The summed E-state index contributed by atoms with van der Waals surface area (Å²) in [6.07, 6.45) is 9.40. The van der Waals surface area contributed by atoms with Gasteiger partial charge in [0, 0.05) is 12.5 Å². The average Bonchev–Trinajstić information content (AvgIpc) is 2.62. The van der Waals surface area contributed by atoms with E-state index in [0.29, 0.717) is 5.92 Å². The highest BCUT2D eigenvalue weighted by Crippen LogP contribution is 2.22. The molecule has 100 valence electrons. The van der Waals surface area contributed by atoms with Gasteiger partial charge in [-0.3, -0.25) is 4.79 Å². The summed E-state index contributed by atoms with van der Waals surface area (Å²) in [5.41, 5.74) is 5.56. The zero-order valence-corrected chi connectivity index (χ0v) is 11.2. The van der Waals surface area contributed by atoms with E-state index in [1.54, 1.807) is 0 Å². The van der Waals surface area contributed by atoms with Gasteiger partial charge in [0.05, 0.1) is 0 Å². The number of nitrogens with one attached hydrogen (secondary N) is 1. The number of carbonyl (C=O) groups is 1. The van der Waals surface area contributed by atoms with Crippen molar-refractivity contribution in [3.63, 3.8) is 0 Å². The van der Waals surface area contributed by atoms with Crippen molar-refractivity contribution in [3.8, 4) is 0 Å². The number of rotatable bonds is 6. The van der Waals surface area contributed by atoms with Crippen molar-refractivity contribution in [2.75, 3.05) is 13.1 Å². The molecule has 1 rings (SSSR count). The molecule has 1 atom stereocenters. The van der Waals surface area contributed by atoms with Crippen molar-refractivity contribution in [2.24, 2.45) is 17.6 Å². The van der Waals surface area contributed by atoms with Crippen LogP contribution in [-0.4, -0.2) is 19.0 Å². The zero-order chi connectivity index (χ0) is 12.5. The topological polar surface area (TPSA) is 55.1 Å². The maximum atomic E-state index is 11.9. The molecule has 0 aliphatic heterocycles. The van der Waals surface area contributed by atoms with Crippen LogP contribution in [0.25, 0.3) is 0 Å². The molecule has 0 aromatic carbocycles. The molecule has 1 saturated carbocycles. The van der Waals surface area contributed by atoms with Gasteiger partial charge in [0.15, 0.2) is 0 Å². The van der Waals surface area contributed by atoms with E-state index in [4.69, 9.17) is 5.73 Å². The molecule has 1 aliphatic carbocycles. The molecule has 0 aromatic rings. The van der Waals surface area contributed by atoms with Crippen LogP contribution in [-0.2, 0) is 4.79 Å². The van der Waals surface area contributed by atoms with Crippen molar-refractivity contribution in [1.82, 2.24) is 5.32 Å². The number of carbonyl (C=O) groups excluding carboxylic acids is 1. The molecule has 0 heterocycles. The predicted molar refractivity (Wildman–Crippen MR) is 71.7 cm³/mol. The molecule has 1 fully saturated rings. The van der Waals surface area contributed by atoms with E-state index in [0.717, 1.165) is 38.8 Å². The lowest BCUT2D eigenvalue weighted by molar-refractivity contribution is -0.125. The first-order valence-electron chi connectivity index (χ1n) is 7.21. The molecule has 3 heteroatoms. The number of hydrogen-bond acceptors (Lipinski definition) is 2. The Bertz CT molecular complexity index is 210. The fourth-order valence-electron chi connectivity index (χ4n) is 2.47. The highest BCUT2D eigenvalue weighted by molar-refractivity contribution is 5.78. The van der Waals surface area contributed by atoms with Gasteiger partial charge in [0.25, 0.3) is 0 Å². The summed E-state index contributed by atoms with van der Waals surface area (Å²) in [7, 11) is 0. The third kappa shape index (κ3) is 6.06. The maximum absolute atomic E-state index is 11.9. The zero-order valence-electron chi connectivity index (χ0n) is 11.2. The highest BCUT2D eigenvalue weighted by atomic mass is 16.1. The van der Waals surface area contributed by atoms with Gasteiger partial charge in [-0.05, 0) is 38.1 Å². The Labute approximate surface area is 106 Å². The summed E-state index contributed by atoms with van der Waals surface area (Å²) >= 11 is 0. The second-order valence-electron chi connectivity index (χ2n) is 5.46. The van der Waals surface area contributed by atoms with Gasteiger partial charge in [0.2, 0.25) is 5.91 Å². The standard InChI is InChI=1S/C14H28N2O/c1-12(11-15)7-6-10-16-14(17)13-8-4-2-3-5-9-13/h12-13H,2-11,15H2,1H3,(H,16,17). The SMILES string of the molecule is CC(CN)CCCNC(=O)C1CCCCCC1. The van der Waals surface area contributed by atoms with Crippen LogP contribution in [0.3, 0.4) is 0 Å². The molecule has 0 radical (unpaired) electrons. The summed E-state index contributed by atoms with van der Waals surface area (Å²) in [6.45, 7) is 3.73. The van der Waals surface area contributed by atoms with Gasteiger partial charge >= 0.3 is 0 Å². The molecule has 1 unspecified atom stereocenters. The van der Waals surface area contributed by atoms with E-state index in [2.05, 4.69) is 12.2 Å². The summed E-state index contributed by atoms with van der Waals surface area (Å²) in [6, 6.07) is 0. The number of hydrogen-bond donors (Lipinski definition) is 2. The predicted octanol–water partition coefficient (Wildman–Crippen LogP) is 2.45. The minimum absolute atomic E-state index is 0.282. The Morgan fingerprint density at radius 2 is 1.94 bits per heavy atom. The van der Waals surface area contributed by atoms with E-state index < -0.39 is 0 Å². The van der Waals surface area contributed by atoms with Crippen molar-refractivity contribution >= 4 is 5.91 Å². The molecular formula is C14H28N2O. The van der Waals surface area contributed by atoms with Crippen LogP contribution >= 0.6 is 0 Å². The van der Waals surface area contributed by atoms with E-state index in [9.17, 15) is 4.79 Å². The normalized spacial score (nSPS) is 19.6. The van der Waals surface area contributed by atoms with Crippen molar-refractivity contribution in [2.45, 2.75) is 58.3 Å². The Balaban J connectivity index is 2.11. The quantitative estimate of drug-likeness (QED) is 0.553. The Kier molecular flexibility index (Phi) is 7.25. The Morgan fingerprint density at radius 3 is 2.53 bits per heavy atom. The fraction of sp³-hybridized carbons (Fsp3) is 0.929. The lowest BCUT2D eigenvalue weighted by Gasteiger charge is -2.14. The van der Waals surface area contributed by atoms with Crippen LogP contribution in [0, 0.1) is 11.8 Å². The molecule has 0 saturated heterocycles. The summed E-state index contributed by atoms with van der Waals surface area (Å²) in [5.74, 6) is 1.14. The maximum Gasteiger partial charge on any atom is 0.223 e. The van der Waals surface area contributed by atoms with Gasteiger partial charge in [0.1, 0.15) is 0 Å². The van der Waals surface area contributed by atoms with Crippen LogP contribution in [0.5, 0.6) is 0 Å². The lowest BCUT2D eigenvalue weighted by Crippen LogP contribution is -2.31. The van der Waals surface area contributed by atoms with Gasteiger partial charge in [-0.1, -0.05) is 32.6 Å². The molecule has 0 aromatic heterocycles. The second kappa shape index (κ2) is 8.51. The second-order valence-corrected chi connectivity index (χ2v) is 5.46. The van der Waals surface area contributed by atoms with Gasteiger partial charge in [-0.25, -0.2) is 0 Å². The Hall–Kier alpha value is -0.570. The van der Waals surface area contributed by atoms with Gasteiger partial charge < -0.3 is 11.1 Å². The lowest BCUT2D eigenvalue weighted by atomic mass is 9.99. The van der Waals surface area contributed by atoms with Crippen LogP contribution in [0.2, 0.25) is 0 Å². The molecule has 1 amide bonds. The van der Waals surface area contributed by atoms with Crippen LogP contribution in [0.4, 0.5) is 0 Å². The van der Waals surface area contributed by atoms with Gasteiger partial charge in [-0.2, -0.15) is 0 Å². The van der Waals surface area contributed by atoms with Crippen LogP contribution in [0.15, 0.2) is 0 Å². The van der Waals surface area contributed by atoms with Crippen molar-refractivity contribution < 1.29 is 4.79 Å². The van der Waals surface area contributed by atoms with E-state index >= 15 is 0 Å². The van der Waals surface area contributed by atoms with Crippen LogP contribution in [0.1, 0.15) is 58.3 Å². The molecule has 0 spiro atoms. The minimum atomic E-state index is 0.282. The first kappa shape index (κ1) is 14.5. The fourth-order valence-corrected chi connectivity index (χ4v) is 2.47. The van der Waals surface area contributed by atoms with Gasteiger partial charge in [-0.15, -0.1) is 0 Å². The van der Waals surface area contributed by atoms with Crippen molar-refractivity contribution in [1.29, 1.82) is 0 Å². The molecule has 3 nitrogen and oxygen atoms in total. The van der Waals surface area contributed by atoms with E-state index in [-0.39, 0.29) is 11.8 Å². The third-order valence-corrected chi connectivity index (χ3v) is 3.80.